The first-order valence-corrected chi connectivity index (χ1v) is 12.4. The summed E-state index contributed by atoms with van der Waals surface area (Å²) in [6, 6.07) is 8.21. The Morgan fingerprint density at radius 1 is 1.13 bits per heavy atom. The number of anilines is 1. The maximum absolute atomic E-state index is 14.9. The fourth-order valence-corrected chi connectivity index (χ4v) is 4.62. The van der Waals surface area contributed by atoms with Crippen LogP contribution in [0.15, 0.2) is 42.9 Å². The lowest BCUT2D eigenvalue weighted by Gasteiger charge is -2.15. The zero-order valence-electron chi connectivity index (χ0n) is 20.9. The Balaban J connectivity index is 1.34. The molecule has 0 aliphatic heterocycles. The number of nitriles is 1. The van der Waals surface area contributed by atoms with Crippen molar-refractivity contribution < 1.29 is 23.4 Å². The van der Waals surface area contributed by atoms with Crippen molar-refractivity contribution >= 4 is 44.4 Å². The van der Waals surface area contributed by atoms with Crippen LogP contribution in [-0.2, 0) is 4.74 Å². The number of methoxy groups -OCH3 is 1. The number of nitrogens with zero attached hydrogens (tertiary/aromatic N) is 6. The van der Waals surface area contributed by atoms with Crippen LogP contribution in [0.1, 0.15) is 18.3 Å². The van der Waals surface area contributed by atoms with Gasteiger partial charge in [-0.3, -0.25) is 5.32 Å². The number of aryl methyl sites for hydroxylation is 1. The Morgan fingerprint density at radius 3 is 2.67 bits per heavy atom. The third-order valence-electron chi connectivity index (χ3n) is 5.44. The van der Waals surface area contributed by atoms with Gasteiger partial charge < -0.3 is 14.2 Å². The van der Waals surface area contributed by atoms with E-state index in [0.29, 0.717) is 54.8 Å². The van der Waals surface area contributed by atoms with Crippen LogP contribution in [0.2, 0.25) is 0 Å². The number of halogens is 1. The largest absolute Gasteiger partial charge is 0.484 e. The van der Waals surface area contributed by atoms with Crippen molar-refractivity contribution in [2.75, 3.05) is 19.0 Å². The molecule has 0 bridgehead atoms. The maximum atomic E-state index is 14.9. The molecule has 3 aromatic heterocycles. The second-order valence-corrected chi connectivity index (χ2v) is 9.39. The Labute approximate surface area is 225 Å². The number of benzene rings is 2. The van der Waals surface area contributed by atoms with Crippen LogP contribution in [0.25, 0.3) is 31.8 Å². The van der Waals surface area contributed by atoms with Crippen molar-refractivity contribution in [3.05, 3.63) is 60.1 Å². The number of hydrogen-bond acceptors (Lipinski definition) is 11. The fourth-order valence-electron chi connectivity index (χ4n) is 3.62. The first kappa shape index (κ1) is 25.7. The fraction of sp³-hybridized carbons (Fsp3) is 0.192. The SMILES string of the molecule is COc1cnc2c(-c3nc4cc(F)c(O[C@@H](C)COC(=O)Nc5cnc(C)nc5)cc4s3)cc(C#N)cc2n1. The molecule has 0 saturated carbocycles. The van der Waals surface area contributed by atoms with Gasteiger partial charge >= 0.3 is 6.09 Å². The topological polar surface area (TPSA) is 145 Å². The molecule has 1 amide bonds. The summed E-state index contributed by atoms with van der Waals surface area (Å²) in [6.07, 6.45) is 3.04. The average Bonchev–Trinajstić information content (AvgIpc) is 3.34. The van der Waals surface area contributed by atoms with Crippen molar-refractivity contribution in [2.45, 2.75) is 20.0 Å². The summed E-state index contributed by atoms with van der Waals surface area (Å²) in [6.45, 7) is 3.25. The van der Waals surface area contributed by atoms with Crippen LogP contribution in [0.5, 0.6) is 11.6 Å². The molecule has 0 aliphatic carbocycles. The van der Waals surface area contributed by atoms with Gasteiger partial charge in [0.05, 0.1) is 64.3 Å². The van der Waals surface area contributed by atoms with Gasteiger partial charge in [-0.15, -0.1) is 11.3 Å². The second-order valence-electron chi connectivity index (χ2n) is 8.36. The summed E-state index contributed by atoms with van der Waals surface area (Å²) in [7, 11) is 1.48. The van der Waals surface area contributed by atoms with Crippen LogP contribution < -0.4 is 14.8 Å². The molecule has 13 heteroatoms. The van der Waals surface area contributed by atoms with Gasteiger partial charge in [0, 0.05) is 17.7 Å². The Morgan fingerprint density at radius 2 is 1.92 bits per heavy atom. The van der Waals surface area contributed by atoms with Gasteiger partial charge in [0.1, 0.15) is 23.5 Å². The van der Waals surface area contributed by atoms with Crippen LogP contribution >= 0.6 is 11.3 Å². The van der Waals surface area contributed by atoms with Gasteiger partial charge in [-0.2, -0.15) is 5.26 Å². The monoisotopic (exact) mass is 545 g/mol. The predicted octanol–water partition coefficient (Wildman–Crippen LogP) is 5.04. The highest BCUT2D eigenvalue weighted by atomic mass is 32.1. The molecule has 1 atom stereocenters. The van der Waals surface area contributed by atoms with E-state index in [4.69, 9.17) is 14.2 Å². The summed E-state index contributed by atoms with van der Waals surface area (Å²) < 4.78 is 31.6. The lowest BCUT2D eigenvalue weighted by molar-refractivity contribution is 0.0969. The Bertz CT molecular complexity index is 1740. The highest BCUT2D eigenvalue weighted by molar-refractivity contribution is 7.21. The molecule has 11 nitrogen and oxygen atoms in total. The molecular formula is C26H20FN7O4S. The lowest BCUT2D eigenvalue weighted by Crippen LogP contribution is -2.24. The van der Waals surface area contributed by atoms with Gasteiger partial charge in [-0.25, -0.2) is 34.1 Å². The average molecular weight is 546 g/mol. The molecular weight excluding hydrogens is 525 g/mol. The number of nitrogens with one attached hydrogen (secondary N) is 1. The van der Waals surface area contributed by atoms with Gasteiger partial charge in [-0.05, 0) is 26.0 Å². The third kappa shape index (κ3) is 5.65. The van der Waals surface area contributed by atoms with E-state index in [9.17, 15) is 14.4 Å². The summed E-state index contributed by atoms with van der Waals surface area (Å²) in [5, 5.41) is 12.5. The molecule has 196 valence electrons. The number of fused-ring (bicyclic) bond motifs is 2. The second kappa shape index (κ2) is 10.8. The Hall–Kier alpha value is -4.96. The maximum Gasteiger partial charge on any atom is 0.411 e. The van der Waals surface area contributed by atoms with E-state index >= 15 is 0 Å². The van der Waals surface area contributed by atoms with E-state index in [1.807, 2.05) is 0 Å². The van der Waals surface area contributed by atoms with Gasteiger partial charge in [0.25, 0.3) is 0 Å². The predicted molar refractivity (Wildman–Crippen MR) is 141 cm³/mol. The van der Waals surface area contributed by atoms with E-state index in [2.05, 4.69) is 36.3 Å². The molecule has 2 aromatic carbocycles. The quantitative estimate of drug-likeness (QED) is 0.295. The summed E-state index contributed by atoms with van der Waals surface area (Å²) in [5.41, 5.74) is 2.78. The first-order valence-electron chi connectivity index (χ1n) is 11.6. The minimum Gasteiger partial charge on any atom is -0.484 e. The highest BCUT2D eigenvalue weighted by Gasteiger charge is 2.18. The van der Waals surface area contributed by atoms with Crippen LogP contribution in [0.4, 0.5) is 14.9 Å². The number of carbonyl (C=O) groups excluding carboxylic acids is 1. The number of rotatable bonds is 7. The van der Waals surface area contributed by atoms with Gasteiger partial charge in [-0.1, -0.05) is 0 Å². The molecule has 0 aliphatic rings. The smallest absolute Gasteiger partial charge is 0.411 e. The summed E-state index contributed by atoms with van der Waals surface area (Å²) in [5.74, 6) is 0.256. The van der Waals surface area contributed by atoms with E-state index in [1.54, 1.807) is 26.0 Å². The number of hydrogen-bond donors (Lipinski definition) is 1. The number of carbonyl (C=O) groups is 1. The van der Waals surface area contributed by atoms with E-state index in [-0.39, 0.29) is 12.4 Å². The molecule has 0 saturated heterocycles. The summed E-state index contributed by atoms with van der Waals surface area (Å²) in [4.78, 5) is 33.4. The molecule has 5 rings (SSSR count). The van der Waals surface area contributed by atoms with Crippen molar-refractivity contribution in [3.63, 3.8) is 0 Å². The van der Waals surface area contributed by atoms with Crippen LogP contribution in [-0.4, -0.2) is 50.8 Å². The zero-order valence-corrected chi connectivity index (χ0v) is 21.7. The standard InChI is InChI=1S/C26H20FN7O4S/c1-13(12-37-26(35)32-16-9-29-14(2)30-10-16)38-21-7-22-19(6-18(21)27)34-25(39-22)17-4-15(8-28)5-20-24(17)31-11-23(33-20)36-3/h4-7,9-11,13H,12H2,1-3H3,(H,32,35)/t13-/m0/s1. The number of aromatic nitrogens is 5. The van der Waals surface area contributed by atoms with Crippen molar-refractivity contribution in [1.29, 1.82) is 5.26 Å². The van der Waals surface area contributed by atoms with Crippen molar-refractivity contribution in [3.8, 4) is 28.3 Å². The molecule has 39 heavy (non-hydrogen) atoms. The molecule has 0 unspecified atom stereocenters. The van der Waals surface area contributed by atoms with E-state index < -0.39 is 18.0 Å². The molecule has 0 spiro atoms. The number of ether oxygens (including phenoxy) is 3. The third-order valence-corrected chi connectivity index (χ3v) is 6.49. The van der Waals surface area contributed by atoms with Crippen molar-refractivity contribution in [1.82, 2.24) is 24.9 Å². The van der Waals surface area contributed by atoms with Crippen LogP contribution in [0.3, 0.4) is 0 Å². The Kier molecular flexibility index (Phi) is 7.11. The lowest BCUT2D eigenvalue weighted by atomic mass is 10.1. The van der Waals surface area contributed by atoms with E-state index in [0.717, 1.165) is 0 Å². The molecule has 0 radical (unpaired) electrons. The van der Waals surface area contributed by atoms with E-state index in [1.165, 1.54) is 49.2 Å². The molecule has 1 N–H and O–H groups in total. The normalized spacial score (nSPS) is 11.7. The van der Waals surface area contributed by atoms with Gasteiger partial charge in [0.2, 0.25) is 5.88 Å². The minimum atomic E-state index is -0.714. The number of amides is 1. The molecule has 5 aromatic rings. The number of thiazole rings is 1. The highest BCUT2D eigenvalue weighted by Crippen LogP contribution is 2.37. The molecule has 0 fully saturated rings. The molecule has 3 heterocycles. The zero-order chi connectivity index (χ0) is 27.5. The summed E-state index contributed by atoms with van der Waals surface area (Å²) >= 11 is 1.29. The van der Waals surface area contributed by atoms with Crippen LogP contribution in [0, 0.1) is 24.1 Å². The van der Waals surface area contributed by atoms with Crippen molar-refractivity contribution in [2.24, 2.45) is 0 Å². The minimum absolute atomic E-state index is 0.0127. The van der Waals surface area contributed by atoms with Gasteiger partial charge in [0.15, 0.2) is 11.6 Å². The first-order chi connectivity index (χ1) is 18.8.